The molecule has 3 heterocycles. The molecule has 21 heavy (non-hydrogen) atoms. The van der Waals surface area contributed by atoms with Crippen molar-refractivity contribution in [3.8, 4) is 0 Å². The van der Waals surface area contributed by atoms with E-state index in [4.69, 9.17) is 4.74 Å². The smallest absolute Gasteiger partial charge is 0.264 e. The predicted octanol–water partition coefficient (Wildman–Crippen LogP) is 2.58. The van der Waals surface area contributed by atoms with E-state index in [1.54, 1.807) is 0 Å². The molecule has 1 fully saturated rings. The number of fused-ring (bicyclic) bond motifs is 1. The summed E-state index contributed by atoms with van der Waals surface area (Å²) in [7, 11) is 1.92. The second-order valence-corrected chi connectivity index (χ2v) is 6.54. The Balaban J connectivity index is 1.81. The summed E-state index contributed by atoms with van der Waals surface area (Å²) in [6.45, 7) is 6.23. The first-order valence-electron chi connectivity index (χ1n) is 7.44. The fraction of sp³-hybridized carbons (Fsp3) is 0.600. The molecular formula is C15H21N3O2S. The SMILES string of the molecule is CCO[C@@H]1CCCN(C(=O)c2cc3c(C)nn(C)c3s2)C1. The summed E-state index contributed by atoms with van der Waals surface area (Å²) in [5.41, 5.74) is 0.980. The zero-order valence-corrected chi connectivity index (χ0v) is 13.6. The standard InChI is InChI=1S/C15H21N3O2S/c1-4-20-11-6-5-7-18(9-11)14(19)13-8-12-10(2)16-17(3)15(12)21-13/h8,11H,4-7,9H2,1-3H3/t11-/m1/s1. The maximum atomic E-state index is 12.7. The van der Waals surface area contributed by atoms with Crippen molar-refractivity contribution in [3.05, 3.63) is 16.6 Å². The number of aryl methyl sites for hydroxylation is 2. The largest absolute Gasteiger partial charge is 0.377 e. The molecule has 0 unspecified atom stereocenters. The lowest BCUT2D eigenvalue weighted by molar-refractivity contribution is 0.00742. The first-order chi connectivity index (χ1) is 10.1. The Morgan fingerprint density at radius 1 is 1.57 bits per heavy atom. The van der Waals surface area contributed by atoms with Crippen LogP contribution >= 0.6 is 11.3 Å². The second-order valence-electron chi connectivity index (χ2n) is 5.51. The molecule has 0 N–H and O–H groups in total. The number of amides is 1. The number of carbonyl (C=O) groups excluding carboxylic acids is 1. The first-order valence-corrected chi connectivity index (χ1v) is 8.25. The number of aromatic nitrogens is 2. The van der Waals surface area contributed by atoms with Gasteiger partial charge in [-0.25, -0.2) is 0 Å². The van der Waals surface area contributed by atoms with Gasteiger partial charge in [0.15, 0.2) is 0 Å². The Labute approximate surface area is 128 Å². The highest BCUT2D eigenvalue weighted by molar-refractivity contribution is 7.20. The van der Waals surface area contributed by atoms with Gasteiger partial charge < -0.3 is 9.64 Å². The molecular weight excluding hydrogens is 286 g/mol. The van der Waals surface area contributed by atoms with Crippen molar-refractivity contribution in [2.24, 2.45) is 7.05 Å². The van der Waals surface area contributed by atoms with E-state index >= 15 is 0 Å². The van der Waals surface area contributed by atoms with Crippen LogP contribution < -0.4 is 0 Å². The van der Waals surface area contributed by atoms with Crippen molar-refractivity contribution in [2.75, 3.05) is 19.7 Å². The van der Waals surface area contributed by atoms with Gasteiger partial charge in [-0.15, -0.1) is 11.3 Å². The number of carbonyl (C=O) groups is 1. The van der Waals surface area contributed by atoms with Gasteiger partial charge in [-0.1, -0.05) is 0 Å². The van der Waals surface area contributed by atoms with Crippen LogP contribution in [0.15, 0.2) is 6.07 Å². The predicted molar refractivity (Wildman–Crippen MR) is 83.9 cm³/mol. The summed E-state index contributed by atoms with van der Waals surface area (Å²) in [5, 5.41) is 5.47. The summed E-state index contributed by atoms with van der Waals surface area (Å²) in [4.78, 5) is 16.5. The van der Waals surface area contributed by atoms with Gasteiger partial charge >= 0.3 is 0 Å². The lowest BCUT2D eigenvalue weighted by atomic mass is 10.1. The number of thiophene rings is 1. The van der Waals surface area contributed by atoms with E-state index in [-0.39, 0.29) is 12.0 Å². The Morgan fingerprint density at radius 3 is 3.10 bits per heavy atom. The third-order valence-electron chi connectivity index (χ3n) is 3.97. The van der Waals surface area contributed by atoms with Crippen LogP contribution in [0.25, 0.3) is 10.2 Å². The number of nitrogens with zero attached hydrogens (tertiary/aromatic N) is 3. The monoisotopic (exact) mass is 307 g/mol. The zero-order valence-electron chi connectivity index (χ0n) is 12.8. The van der Waals surface area contributed by atoms with Gasteiger partial charge in [-0.05, 0) is 32.8 Å². The normalized spacial score (nSPS) is 19.4. The lowest BCUT2D eigenvalue weighted by Crippen LogP contribution is -2.43. The molecule has 114 valence electrons. The van der Waals surface area contributed by atoms with Crippen molar-refractivity contribution >= 4 is 27.5 Å². The van der Waals surface area contributed by atoms with Gasteiger partial charge in [0.2, 0.25) is 0 Å². The molecule has 0 bridgehead atoms. The van der Waals surface area contributed by atoms with Crippen LogP contribution in [0.5, 0.6) is 0 Å². The summed E-state index contributed by atoms with van der Waals surface area (Å²) in [6, 6.07) is 1.98. The van der Waals surface area contributed by atoms with Crippen LogP contribution in [0, 0.1) is 6.92 Å². The molecule has 5 nitrogen and oxygen atoms in total. The molecule has 0 aliphatic carbocycles. The molecule has 3 rings (SSSR count). The number of ether oxygens (including phenoxy) is 1. The van der Waals surface area contributed by atoms with E-state index in [2.05, 4.69) is 5.10 Å². The average molecular weight is 307 g/mol. The lowest BCUT2D eigenvalue weighted by Gasteiger charge is -2.32. The topological polar surface area (TPSA) is 47.4 Å². The summed E-state index contributed by atoms with van der Waals surface area (Å²) in [5.74, 6) is 0.125. The molecule has 1 aliphatic rings. The molecule has 0 radical (unpaired) electrons. The van der Waals surface area contributed by atoms with Crippen LogP contribution in [0.2, 0.25) is 0 Å². The van der Waals surface area contributed by atoms with E-state index in [0.717, 1.165) is 40.2 Å². The molecule has 0 saturated carbocycles. The minimum atomic E-state index is 0.125. The van der Waals surface area contributed by atoms with Crippen LogP contribution in [0.4, 0.5) is 0 Å². The minimum Gasteiger partial charge on any atom is -0.377 e. The third-order valence-corrected chi connectivity index (χ3v) is 5.16. The molecule has 2 aromatic heterocycles. The number of hydrogen-bond donors (Lipinski definition) is 0. The number of hydrogen-bond acceptors (Lipinski definition) is 4. The van der Waals surface area contributed by atoms with Gasteiger partial charge in [-0.2, -0.15) is 5.10 Å². The van der Waals surface area contributed by atoms with Crippen LogP contribution in [0.3, 0.4) is 0 Å². The third kappa shape index (κ3) is 2.70. The second kappa shape index (κ2) is 5.77. The minimum absolute atomic E-state index is 0.125. The van der Waals surface area contributed by atoms with Crippen molar-refractivity contribution in [1.29, 1.82) is 0 Å². The van der Waals surface area contributed by atoms with Crippen LogP contribution in [-0.2, 0) is 11.8 Å². The first kappa shape index (κ1) is 14.5. The van der Waals surface area contributed by atoms with E-state index in [1.165, 1.54) is 11.3 Å². The van der Waals surface area contributed by atoms with E-state index in [0.29, 0.717) is 13.2 Å². The van der Waals surface area contributed by atoms with Gasteiger partial charge in [0.05, 0.1) is 16.7 Å². The van der Waals surface area contributed by atoms with Gasteiger partial charge in [0, 0.05) is 32.1 Å². The highest BCUT2D eigenvalue weighted by Gasteiger charge is 2.26. The van der Waals surface area contributed by atoms with Crippen molar-refractivity contribution in [1.82, 2.24) is 14.7 Å². The molecule has 6 heteroatoms. The highest BCUT2D eigenvalue weighted by atomic mass is 32.1. The molecule has 1 saturated heterocycles. The fourth-order valence-corrected chi connectivity index (χ4v) is 4.05. The highest BCUT2D eigenvalue weighted by Crippen LogP contribution is 2.29. The van der Waals surface area contributed by atoms with Crippen molar-refractivity contribution in [3.63, 3.8) is 0 Å². The van der Waals surface area contributed by atoms with E-state index < -0.39 is 0 Å². The Kier molecular flexibility index (Phi) is 3.99. The molecule has 1 atom stereocenters. The zero-order chi connectivity index (χ0) is 15.0. The summed E-state index contributed by atoms with van der Waals surface area (Å²) >= 11 is 1.53. The Bertz CT molecular complexity index is 625. The van der Waals surface area contributed by atoms with Crippen LogP contribution in [-0.4, -0.2) is 46.4 Å². The van der Waals surface area contributed by atoms with E-state index in [9.17, 15) is 4.79 Å². The maximum Gasteiger partial charge on any atom is 0.264 e. The fourth-order valence-electron chi connectivity index (χ4n) is 2.96. The van der Waals surface area contributed by atoms with Crippen molar-refractivity contribution in [2.45, 2.75) is 32.8 Å². The molecule has 0 spiro atoms. The Morgan fingerprint density at radius 2 is 2.38 bits per heavy atom. The molecule has 0 aromatic carbocycles. The quantitative estimate of drug-likeness (QED) is 0.875. The van der Waals surface area contributed by atoms with Crippen molar-refractivity contribution < 1.29 is 9.53 Å². The van der Waals surface area contributed by atoms with Gasteiger partial charge in [0.1, 0.15) is 4.83 Å². The number of likely N-dealkylation sites (tertiary alicyclic amines) is 1. The molecule has 2 aromatic rings. The van der Waals surface area contributed by atoms with Crippen LogP contribution in [0.1, 0.15) is 35.1 Å². The Hall–Kier alpha value is -1.40. The number of rotatable bonds is 3. The van der Waals surface area contributed by atoms with Gasteiger partial charge in [0.25, 0.3) is 5.91 Å². The molecule has 1 amide bonds. The molecule has 1 aliphatic heterocycles. The number of piperidine rings is 1. The average Bonchev–Trinajstić information content (AvgIpc) is 3.01. The van der Waals surface area contributed by atoms with E-state index in [1.807, 2.05) is 36.5 Å². The maximum absolute atomic E-state index is 12.7. The summed E-state index contributed by atoms with van der Waals surface area (Å²) in [6.07, 6.45) is 2.25. The van der Waals surface area contributed by atoms with Gasteiger partial charge in [-0.3, -0.25) is 9.48 Å². The summed E-state index contributed by atoms with van der Waals surface area (Å²) < 4.78 is 7.53.